The number of ether oxygens (including phenoxy) is 1. The lowest BCUT2D eigenvalue weighted by Crippen LogP contribution is -2.45. The predicted octanol–water partition coefficient (Wildman–Crippen LogP) is 3.10. The van der Waals surface area contributed by atoms with Crippen LogP contribution in [0.3, 0.4) is 0 Å². The molecule has 1 unspecified atom stereocenters. The molecule has 0 saturated heterocycles. The molecule has 144 valence electrons. The lowest BCUT2D eigenvalue weighted by Gasteiger charge is -2.25. The van der Waals surface area contributed by atoms with Gasteiger partial charge in [-0.2, -0.15) is 4.99 Å². The van der Waals surface area contributed by atoms with Crippen molar-refractivity contribution in [1.82, 2.24) is 9.96 Å². The number of amides is 2. The molecule has 1 aliphatic heterocycles. The van der Waals surface area contributed by atoms with Gasteiger partial charge in [-0.25, -0.2) is 4.79 Å². The standard InChI is InChI=1S/C17H31N3O5/c1-3-14-10-8-6-4-5-7-9-11-15(21)18-16(20(24)17(22)23)19(2)12-13-25-14/h14,24H,3-13H2,1-2H3,(H,22,23)/i2D3. The number of guanidine groups is 1. The van der Waals surface area contributed by atoms with Gasteiger partial charge >= 0.3 is 6.09 Å². The van der Waals surface area contributed by atoms with Gasteiger partial charge in [0, 0.05) is 24.1 Å². The van der Waals surface area contributed by atoms with Gasteiger partial charge in [0.25, 0.3) is 0 Å². The van der Waals surface area contributed by atoms with E-state index in [4.69, 9.17) is 14.0 Å². The van der Waals surface area contributed by atoms with Gasteiger partial charge in [0.05, 0.1) is 12.7 Å². The molecular formula is C17H31N3O5. The van der Waals surface area contributed by atoms with Crippen molar-refractivity contribution in [3.8, 4) is 0 Å². The first kappa shape index (κ1) is 16.8. The summed E-state index contributed by atoms with van der Waals surface area (Å²) in [5.41, 5.74) is 0. The molecule has 1 aliphatic rings. The molecule has 0 aromatic heterocycles. The van der Waals surface area contributed by atoms with Crippen molar-refractivity contribution >= 4 is 18.0 Å². The maximum absolute atomic E-state index is 12.1. The summed E-state index contributed by atoms with van der Waals surface area (Å²) < 4.78 is 28.8. The van der Waals surface area contributed by atoms with Crippen LogP contribution in [-0.2, 0) is 9.53 Å². The molecule has 0 aliphatic carbocycles. The number of hydrogen-bond donors (Lipinski definition) is 2. The minimum Gasteiger partial charge on any atom is -0.463 e. The van der Waals surface area contributed by atoms with E-state index in [0.717, 1.165) is 44.9 Å². The Kier molecular flexibility index (Phi) is 7.93. The van der Waals surface area contributed by atoms with E-state index in [1.807, 2.05) is 6.92 Å². The number of rotatable bonds is 1. The number of hydroxylamine groups is 2. The molecule has 2 amide bonds. The number of aliphatic imine (C=N–C) groups is 1. The van der Waals surface area contributed by atoms with Crippen LogP contribution in [0.15, 0.2) is 4.99 Å². The Bertz CT molecular complexity index is 543. The number of nitrogens with zero attached hydrogens (tertiary/aromatic N) is 3. The lowest BCUT2D eigenvalue weighted by atomic mass is 10.0. The summed E-state index contributed by atoms with van der Waals surface area (Å²) in [4.78, 5) is 27.5. The zero-order valence-electron chi connectivity index (χ0n) is 17.8. The fourth-order valence-electron chi connectivity index (χ4n) is 2.65. The Balaban J connectivity index is 3.10. The maximum atomic E-state index is 12.1. The second-order valence-electron chi connectivity index (χ2n) is 6.11. The van der Waals surface area contributed by atoms with E-state index in [2.05, 4.69) is 4.99 Å². The van der Waals surface area contributed by atoms with Crippen molar-refractivity contribution in [1.29, 1.82) is 0 Å². The first-order valence-electron chi connectivity index (χ1n) is 10.4. The molecule has 1 heterocycles. The molecule has 8 heteroatoms. The van der Waals surface area contributed by atoms with Crippen LogP contribution in [0.1, 0.15) is 68.8 Å². The average Bonchev–Trinajstić information content (AvgIpc) is 2.61. The van der Waals surface area contributed by atoms with E-state index in [-0.39, 0.29) is 30.7 Å². The van der Waals surface area contributed by atoms with Gasteiger partial charge in [0.2, 0.25) is 11.9 Å². The summed E-state index contributed by atoms with van der Waals surface area (Å²) in [5.74, 6) is -1.51. The molecule has 0 bridgehead atoms. The Morgan fingerprint density at radius 1 is 1.36 bits per heavy atom. The van der Waals surface area contributed by atoms with Crippen LogP contribution < -0.4 is 0 Å². The number of carbonyl (C=O) groups excluding carboxylic acids is 1. The molecule has 0 saturated carbocycles. The van der Waals surface area contributed by atoms with Gasteiger partial charge in [0.1, 0.15) is 0 Å². The topological polar surface area (TPSA) is 103 Å². The zero-order valence-corrected chi connectivity index (χ0v) is 14.8. The molecule has 0 radical (unpaired) electrons. The minimum atomic E-state index is -2.81. The smallest absolute Gasteiger partial charge is 0.438 e. The Hall–Kier alpha value is -1.67. The molecule has 2 N–H and O–H groups in total. The second-order valence-corrected chi connectivity index (χ2v) is 6.11. The van der Waals surface area contributed by atoms with Crippen LogP contribution in [0, 0.1) is 0 Å². The van der Waals surface area contributed by atoms with Crippen LogP contribution >= 0.6 is 0 Å². The fourth-order valence-corrected chi connectivity index (χ4v) is 2.65. The van der Waals surface area contributed by atoms with Gasteiger partial charge in [-0.15, -0.1) is 5.06 Å². The Morgan fingerprint density at radius 3 is 2.68 bits per heavy atom. The second kappa shape index (κ2) is 11.8. The van der Waals surface area contributed by atoms with Crippen LogP contribution in [0.4, 0.5) is 4.79 Å². The van der Waals surface area contributed by atoms with E-state index in [1.165, 1.54) is 0 Å². The van der Waals surface area contributed by atoms with E-state index in [1.54, 1.807) is 0 Å². The van der Waals surface area contributed by atoms with Crippen LogP contribution in [0.2, 0.25) is 0 Å². The summed E-state index contributed by atoms with van der Waals surface area (Å²) >= 11 is 0. The monoisotopic (exact) mass is 360 g/mol. The molecule has 0 aromatic rings. The third kappa shape index (κ3) is 8.31. The summed E-state index contributed by atoms with van der Waals surface area (Å²) in [6.45, 7) is -1.08. The van der Waals surface area contributed by atoms with Crippen molar-refractivity contribution < 1.29 is 28.8 Å². The molecule has 0 spiro atoms. The normalized spacial score (nSPS) is 24.6. The average molecular weight is 360 g/mol. The molecular weight excluding hydrogens is 326 g/mol. The van der Waals surface area contributed by atoms with Gasteiger partial charge in [-0.3, -0.25) is 10.0 Å². The molecule has 0 aromatic carbocycles. The highest BCUT2D eigenvalue weighted by atomic mass is 16.6. The maximum Gasteiger partial charge on any atom is 0.438 e. The first-order chi connectivity index (χ1) is 13.2. The lowest BCUT2D eigenvalue weighted by molar-refractivity contribution is -0.118. The SMILES string of the molecule is [2H]C([2H])([2H])N1CCOC(CC)CCCCCCCCC(=O)N=C1N(O)C(=O)O. The highest BCUT2D eigenvalue weighted by Gasteiger charge is 2.22. The fraction of sp³-hybridized carbons (Fsp3) is 0.824. The van der Waals surface area contributed by atoms with Gasteiger partial charge in [-0.1, -0.05) is 39.0 Å². The number of carboxylic acid groups (broad SMARTS) is 1. The highest BCUT2D eigenvalue weighted by molar-refractivity contribution is 5.98. The third-order valence-corrected chi connectivity index (χ3v) is 4.13. The summed E-state index contributed by atoms with van der Waals surface area (Å²) in [7, 11) is 0. The number of carbonyl (C=O) groups is 2. The largest absolute Gasteiger partial charge is 0.463 e. The van der Waals surface area contributed by atoms with Crippen molar-refractivity contribution in [3.05, 3.63) is 0 Å². The van der Waals surface area contributed by atoms with Crippen LogP contribution in [0.25, 0.3) is 0 Å². The van der Waals surface area contributed by atoms with E-state index < -0.39 is 24.9 Å². The van der Waals surface area contributed by atoms with Crippen molar-refractivity contribution in [2.45, 2.75) is 70.8 Å². The summed E-state index contributed by atoms with van der Waals surface area (Å²) in [6.07, 6.45) is 5.36. The zero-order chi connectivity index (χ0) is 21.2. The van der Waals surface area contributed by atoms with Crippen LogP contribution in [-0.4, -0.2) is 64.5 Å². The van der Waals surface area contributed by atoms with E-state index in [9.17, 15) is 14.8 Å². The number of likely N-dealkylation sites (N-methyl/N-ethyl adjacent to an activating group) is 1. The third-order valence-electron chi connectivity index (χ3n) is 4.13. The molecule has 8 nitrogen and oxygen atoms in total. The van der Waals surface area contributed by atoms with Crippen molar-refractivity contribution in [3.63, 3.8) is 0 Å². The molecule has 1 atom stereocenters. The van der Waals surface area contributed by atoms with Crippen molar-refractivity contribution in [2.75, 3.05) is 20.1 Å². The summed E-state index contributed by atoms with van der Waals surface area (Å²) in [6, 6.07) is 0. The van der Waals surface area contributed by atoms with Crippen LogP contribution in [0.5, 0.6) is 0 Å². The Morgan fingerprint density at radius 2 is 2.04 bits per heavy atom. The highest BCUT2D eigenvalue weighted by Crippen LogP contribution is 2.14. The van der Waals surface area contributed by atoms with Crippen molar-refractivity contribution in [2.24, 2.45) is 4.99 Å². The van der Waals surface area contributed by atoms with Gasteiger partial charge < -0.3 is 14.7 Å². The number of hydrogen-bond acceptors (Lipinski definition) is 5. The predicted molar refractivity (Wildman–Crippen MR) is 93.7 cm³/mol. The van der Waals surface area contributed by atoms with Gasteiger partial charge in [-0.05, 0) is 19.3 Å². The Labute approximate surface area is 153 Å². The quantitative estimate of drug-likeness (QED) is 0.550. The minimum absolute atomic E-state index is 0.00241. The first-order valence-corrected chi connectivity index (χ1v) is 8.89. The van der Waals surface area contributed by atoms with E-state index in [0.29, 0.717) is 11.3 Å². The van der Waals surface area contributed by atoms with E-state index >= 15 is 0 Å². The summed E-state index contributed by atoms with van der Waals surface area (Å²) in [5, 5.41) is 18.5. The molecule has 1 rings (SSSR count). The molecule has 0 fully saturated rings. The molecule has 25 heavy (non-hydrogen) atoms. The van der Waals surface area contributed by atoms with Gasteiger partial charge in [0.15, 0.2) is 0 Å².